The van der Waals surface area contributed by atoms with Crippen molar-refractivity contribution < 1.29 is 0 Å². The van der Waals surface area contributed by atoms with Gasteiger partial charge in [0, 0.05) is 6.54 Å². The van der Waals surface area contributed by atoms with Gasteiger partial charge in [-0.15, -0.1) is 0 Å². The third kappa shape index (κ3) is 7.94. The highest BCUT2D eigenvalue weighted by molar-refractivity contribution is 4.75. The number of hydrogen-bond donors (Lipinski definition) is 1. The second-order valence-electron chi connectivity index (χ2n) is 6.12. The van der Waals surface area contributed by atoms with Crippen molar-refractivity contribution in [1.29, 1.82) is 0 Å². The van der Waals surface area contributed by atoms with Gasteiger partial charge in [-0.05, 0) is 32.4 Å². The van der Waals surface area contributed by atoms with Crippen molar-refractivity contribution in [3.8, 4) is 0 Å². The van der Waals surface area contributed by atoms with Gasteiger partial charge in [0.15, 0.2) is 0 Å². The Bertz CT molecular complexity index is 194. The Morgan fingerprint density at radius 2 is 1.58 bits per heavy atom. The largest absolute Gasteiger partial charge is 0.302 e. The lowest BCUT2D eigenvalue weighted by molar-refractivity contribution is 0.119. The fourth-order valence-electron chi connectivity index (χ4n) is 3.04. The Hall–Kier alpha value is -0.0800. The van der Waals surface area contributed by atoms with Crippen LogP contribution in [-0.2, 0) is 0 Å². The van der Waals surface area contributed by atoms with Gasteiger partial charge < -0.3 is 5.32 Å². The smallest absolute Gasteiger partial charge is 0.0597 e. The highest BCUT2D eigenvalue weighted by atomic mass is 15.3. The molecule has 0 spiro atoms. The van der Waals surface area contributed by atoms with Crippen LogP contribution in [0.5, 0.6) is 0 Å². The maximum atomic E-state index is 3.72. The van der Waals surface area contributed by atoms with Crippen molar-refractivity contribution in [3.05, 3.63) is 0 Å². The number of hydrogen-bond acceptors (Lipinski definition) is 2. The van der Waals surface area contributed by atoms with Crippen LogP contribution in [0.3, 0.4) is 0 Å². The number of rotatable bonds is 11. The molecule has 1 rings (SSSR count). The van der Waals surface area contributed by atoms with E-state index in [1.807, 2.05) is 0 Å². The molecule has 0 aromatic rings. The molecule has 1 aliphatic heterocycles. The highest BCUT2D eigenvalue weighted by Gasteiger charge is 2.20. The van der Waals surface area contributed by atoms with Gasteiger partial charge >= 0.3 is 0 Å². The molecule has 0 bridgehead atoms. The summed E-state index contributed by atoms with van der Waals surface area (Å²) in [6.07, 6.45) is 16.0. The van der Waals surface area contributed by atoms with Crippen molar-refractivity contribution in [3.63, 3.8) is 0 Å². The molecule has 0 saturated carbocycles. The molecule has 114 valence electrons. The van der Waals surface area contributed by atoms with Crippen LogP contribution in [0.2, 0.25) is 0 Å². The summed E-state index contributed by atoms with van der Waals surface area (Å²) in [5.74, 6) is 0. The topological polar surface area (TPSA) is 15.3 Å². The lowest BCUT2D eigenvalue weighted by atomic mass is 10.1. The molecular weight excluding hydrogens is 232 g/mol. The van der Waals surface area contributed by atoms with E-state index in [4.69, 9.17) is 0 Å². The van der Waals surface area contributed by atoms with Gasteiger partial charge in [-0.25, -0.2) is 0 Å². The minimum Gasteiger partial charge on any atom is -0.302 e. The quantitative estimate of drug-likeness (QED) is 0.553. The summed E-state index contributed by atoms with van der Waals surface area (Å²) in [6.45, 7) is 8.42. The Balaban J connectivity index is 2.04. The summed E-state index contributed by atoms with van der Waals surface area (Å²) in [7, 11) is 0. The molecule has 0 aliphatic carbocycles. The summed E-state index contributed by atoms with van der Waals surface area (Å²) >= 11 is 0. The third-order valence-electron chi connectivity index (χ3n) is 4.32. The SMILES string of the molecule is CCCCCCCCCC1NCCCN1CCCC. The molecule has 1 N–H and O–H groups in total. The second kappa shape index (κ2) is 11.7. The fraction of sp³-hybridized carbons (Fsp3) is 1.00. The van der Waals surface area contributed by atoms with Crippen LogP contribution >= 0.6 is 0 Å². The van der Waals surface area contributed by atoms with Crippen molar-refractivity contribution in [2.24, 2.45) is 0 Å². The molecule has 2 heteroatoms. The van der Waals surface area contributed by atoms with E-state index in [0.717, 1.165) is 0 Å². The molecule has 1 aliphatic rings. The van der Waals surface area contributed by atoms with Crippen LogP contribution in [-0.4, -0.2) is 30.7 Å². The van der Waals surface area contributed by atoms with Crippen LogP contribution in [0.1, 0.15) is 84.5 Å². The van der Waals surface area contributed by atoms with E-state index in [-0.39, 0.29) is 0 Å². The summed E-state index contributed by atoms with van der Waals surface area (Å²) in [4.78, 5) is 2.68. The molecule has 0 aromatic heterocycles. The zero-order valence-corrected chi connectivity index (χ0v) is 13.4. The first-order chi connectivity index (χ1) is 9.38. The van der Waals surface area contributed by atoms with Gasteiger partial charge in [-0.2, -0.15) is 0 Å². The Morgan fingerprint density at radius 3 is 2.32 bits per heavy atom. The normalized spacial score (nSPS) is 20.8. The molecule has 2 nitrogen and oxygen atoms in total. The third-order valence-corrected chi connectivity index (χ3v) is 4.32. The molecule has 1 unspecified atom stereocenters. The molecule has 19 heavy (non-hydrogen) atoms. The first-order valence-corrected chi connectivity index (χ1v) is 8.86. The van der Waals surface area contributed by atoms with Crippen molar-refractivity contribution in [2.75, 3.05) is 19.6 Å². The zero-order chi connectivity index (χ0) is 13.8. The van der Waals surface area contributed by atoms with Crippen LogP contribution in [0.15, 0.2) is 0 Å². The van der Waals surface area contributed by atoms with E-state index < -0.39 is 0 Å². The molecule has 0 aromatic carbocycles. The maximum absolute atomic E-state index is 3.72. The molecule has 0 amide bonds. The van der Waals surface area contributed by atoms with Gasteiger partial charge in [-0.3, -0.25) is 4.90 Å². The molecular formula is C17H36N2. The van der Waals surface area contributed by atoms with Gasteiger partial charge in [0.05, 0.1) is 6.17 Å². The number of nitrogens with one attached hydrogen (secondary N) is 1. The Kier molecular flexibility index (Phi) is 10.5. The predicted molar refractivity (Wildman–Crippen MR) is 85.5 cm³/mol. The van der Waals surface area contributed by atoms with Crippen molar-refractivity contribution >= 4 is 0 Å². The average Bonchev–Trinajstić information content (AvgIpc) is 2.45. The second-order valence-corrected chi connectivity index (χ2v) is 6.12. The molecule has 1 atom stereocenters. The van der Waals surface area contributed by atoms with E-state index in [2.05, 4.69) is 24.1 Å². The van der Waals surface area contributed by atoms with Crippen LogP contribution < -0.4 is 5.32 Å². The average molecular weight is 268 g/mol. The standard InChI is InChI=1S/C17H36N2/c1-3-5-7-8-9-10-11-13-17-18-14-12-16-19(17)15-6-4-2/h17-18H,3-16H2,1-2H3. The minimum absolute atomic E-state index is 0.677. The molecule has 1 heterocycles. The molecule has 0 radical (unpaired) electrons. The Labute approximate surface area is 121 Å². The summed E-state index contributed by atoms with van der Waals surface area (Å²) in [5.41, 5.74) is 0. The molecule has 1 saturated heterocycles. The minimum atomic E-state index is 0.677. The van der Waals surface area contributed by atoms with E-state index in [1.165, 1.54) is 90.3 Å². The summed E-state index contributed by atoms with van der Waals surface area (Å²) in [5, 5.41) is 3.72. The lowest BCUT2D eigenvalue weighted by Crippen LogP contribution is -2.51. The first kappa shape index (κ1) is 17.0. The van der Waals surface area contributed by atoms with Crippen LogP contribution in [0, 0.1) is 0 Å². The predicted octanol–water partition coefficient (Wildman–Crippen LogP) is 4.55. The highest BCUT2D eigenvalue weighted by Crippen LogP contribution is 2.14. The van der Waals surface area contributed by atoms with Gasteiger partial charge in [0.1, 0.15) is 0 Å². The Morgan fingerprint density at radius 1 is 0.895 bits per heavy atom. The van der Waals surface area contributed by atoms with E-state index in [1.54, 1.807) is 0 Å². The zero-order valence-electron chi connectivity index (χ0n) is 13.4. The number of nitrogens with zero attached hydrogens (tertiary/aromatic N) is 1. The van der Waals surface area contributed by atoms with Crippen molar-refractivity contribution in [2.45, 2.75) is 90.6 Å². The van der Waals surface area contributed by atoms with Crippen LogP contribution in [0.25, 0.3) is 0 Å². The monoisotopic (exact) mass is 268 g/mol. The number of unbranched alkanes of at least 4 members (excludes halogenated alkanes) is 7. The maximum Gasteiger partial charge on any atom is 0.0597 e. The fourth-order valence-corrected chi connectivity index (χ4v) is 3.04. The van der Waals surface area contributed by atoms with Gasteiger partial charge in [0.2, 0.25) is 0 Å². The summed E-state index contributed by atoms with van der Waals surface area (Å²) < 4.78 is 0. The van der Waals surface area contributed by atoms with E-state index >= 15 is 0 Å². The van der Waals surface area contributed by atoms with E-state index in [9.17, 15) is 0 Å². The van der Waals surface area contributed by atoms with Gasteiger partial charge in [0.25, 0.3) is 0 Å². The molecule has 1 fully saturated rings. The first-order valence-electron chi connectivity index (χ1n) is 8.86. The van der Waals surface area contributed by atoms with Crippen molar-refractivity contribution in [1.82, 2.24) is 10.2 Å². The van der Waals surface area contributed by atoms with Crippen LogP contribution in [0.4, 0.5) is 0 Å². The van der Waals surface area contributed by atoms with Gasteiger partial charge in [-0.1, -0.05) is 65.2 Å². The van der Waals surface area contributed by atoms with E-state index in [0.29, 0.717) is 6.17 Å². The lowest BCUT2D eigenvalue weighted by Gasteiger charge is -2.36. The summed E-state index contributed by atoms with van der Waals surface area (Å²) in [6, 6.07) is 0.